The molecule has 0 amide bonds. The minimum atomic E-state index is 0.174. The lowest BCUT2D eigenvalue weighted by atomic mass is 10.1. The Hall–Kier alpha value is -2.04. The maximum Gasteiger partial charge on any atom is 0.0892 e. The third-order valence-electron chi connectivity index (χ3n) is 6.35. The SMILES string of the molecule is CCN(CC)c1ccc(C2N(Cc3ccccc3Cl)CCN2Cc2ccccc2Cl)cc1. The molecule has 0 unspecified atom stereocenters. The standard InChI is InChI=1S/C27H31Cl2N3/c1-3-30(4-2)24-15-13-21(14-16-24)27-31(19-22-9-5-7-11-25(22)28)17-18-32(27)20-23-10-6-8-12-26(23)29/h5-16,27H,3-4,17-20H2,1-2H3. The highest BCUT2D eigenvalue weighted by Gasteiger charge is 2.33. The zero-order valence-electron chi connectivity index (χ0n) is 18.8. The van der Waals surface area contributed by atoms with Crippen molar-refractivity contribution in [3.8, 4) is 0 Å². The second kappa shape index (κ2) is 10.7. The van der Waals surface area contributed by atoms with Crippen molar-refractivity contribution in [2.24, 2.45) is 0 Å². The van der Waals surface area contributed by atoms with Crippen molar-refractivity contribution >= 4 is 28.9 Å². The highest BCUT2D eigenvalue weighted by Crippen LogP contribution is 2.35. The molecule has 4 rings (SSSR count). The second-order valence-electron chi connectivity index (χ2n) is 8.26. The minimum absolute atomic E-state index is 0.174. The van der Waals surface area contributed by atoms with Gasteiger partial charge in [0.05, 0.1) is 6.17 Å². The van der Waals surface area contributed by atoms with E-state index in [1.54, 1.807) is 0 Å². The van der Waals surface area contributed by atoms with Gasteiger partial charge in [0.15, 0.2) is 0 Å². The van der Waals surface area contributed by atoms with Crippen LogP contribution in [0, 0.1) is 0 Å². The molecule has 1 fully saturated rings. The monoisotopic (exact) mass is 467 g/mol. The first-order valence-electron chi connectivity index (χ1n) is 11.4. The number of hydrogen-bond donors (Lipinski definition) is 0. The van der Waals surface area contributed by atoms with Gasteiger partial charge in [-0.05, 0) is 54.8 Å². The third-order valence-corrected chi connectivity index (χ3v) is 7.09. The highest BCUT2D eigenvalue weighted by atomic mass is 35.5. The quantitative estimate of drug-likeness (QED) is 0.358. The Morgan fingerprint density at radius 2 is 1.19 bits per heavy atom. The number of benzene rings is 3. The summed E-state index contributed by atoms with van der Waals surface area (Å²) in [7, 11) is 0. The van der Waals surface area contributed by atoms with Gasteiger partial charge in [-0.25, -0.2) is 0 Å². The molecule has 1 aliphatic heterocycles. The van der Waals surface area contributed by atoms with Gasteiger partial charge >= 0.3 is 0 Å². The Kier molecular flexibility index (Phi) is 7.75. The highest BCUT2D eigenvalue weighted by molar-refractivity contribution is 6.31. The van der Waals surface area contributed by atoms with Crippen LogP contribution in [-0.4, -0.2) is 36.0 Å². The summed E-state index contributed by atoms with van der Waals surface area (Å²) in [6, 6.07) is 25.4. The van der Waals surface area contributed by atoms with E-state index in [1.807, 2.05) is 24.3 Å². The predicted octanol–water partition coefficient (Wildman–Crippen LogP) is 6.86. The smallest absolute Gasteiger partial charge is 0.0892 e. The van der Waals surface area contributed by atoms with Crippen molar-refractivity contribution < 1.29 is 0 Å². The Morgan fingerprint density at radius 1 is 0.719 bits per heavy atom. The van der Waals surface area contributed by atoms with Crippen LogP contribution in [-0.2, 0) is 13.1 Å². The summed E-state index contributed by atoms with van der Waals surface area (Å²) in [6.45, 7) is 10.0. The van der Waals surface area contributed by atoms with Crippen molar-refractivity contribution in [3.63, 3.8) is 0 Å². The van der Waals surface area contributed by atoms with Gasteiger partial charge in [0.2, 0.25) is 0 Å². The molecule has 5 heteroatoms. The van der Waals surface area contributed by atoms with Crippen LogP contribution in [0.4, 0.5) is 5.69 Å². The van der Waals surface area contributed by atoms with Gasteiger partial charge in [0.25, 0.3) is 0 Å². The molecule has 3 aromatic carbocycles. The van der Waals surface area contributed by atoms with Crippen LogP contribution in [0.1, 0.15) is 36.7 Å². The van der Waals surface area contributed by atoms with Crippen LogP contribution in [0.15, 0.2) is 72.8 Å². The first-order chi connectivity index (χ1) is 15.6. The maximum absolute atomic E-state index is 6.51. The van der Waals surface area contributed by atoms with E-state index in [0.29, 0.717) is 0 Å². The van der Waals surface area contributed by atoms with Gasteiger partial charge in [-0.15, -0.1) is 0 Å². The van der Waals surface area contributed by atoms with Crippen LogP contribution < -0.4 is 4.90 Å². The van der Waals surface area contributed by atoms with Crippen LogP contribution in [0.2, 0.25) is 10.0 Å². The molecule has 1 aliphatic rings. The van der Waals surface area contributed by atoms with Gasteiger partial charge < -0.3 is 4.90 Å². The van der Waals surface area contributed by atoms with E-state index in [0.717, 1.165) is 49.3 Å². The maximum atomic E-state index is 6.51. The predicted molar refractivity (Wildman–Crippen MR) is 136 cm³/mol. The van der Waals surface area contributed by atoms with Crippen LogP contribution in [0.25, 0.3) is 0 Å². The number of nitrogens with zero attached hydrogens (tertiary/aromatic N) is 3. The van der Waals surface area contributed by atoms with E-state index < -0.39 is 0 Å². The first-order valence-corrected chi connectivity index (χ1v) is 12.2. The lowest BCUT2D eigenvalue weighted by Crippen LogP contribution is -2.31. The largest absolute Gasteiger partial charge is 0.372 e. The molecule has 0 aromatic heterocycles. The number of halogens is 2. The molecule has 3 nitrogen and oxygen atoms in total. The molecule has 32 heavy (non-hydrogen) atoms. The van der Waals surface area contributed by atoms with Gasteiger partial charge in [0.1, 0.15) is 0 Å². The van der Waals surface area contributed by atoms with E-state index in [1.165, 1.54) is 22.4 Å². The molecule has 0 N–H and O–H groups in total. The first kappa shape index (κ1) is 23.1. The molecule has 3 aromatic rings. The molecule has 1 heterocycles. The van der Waals surface area contributed by atoms with E-state index in [9.17, 15) is 0 Å². The zero-order valence-corrected chi connectivity index (χ0v) is 20.4. The summed E-state index contributed by atoms with van der Waals surface area (Å²) in [4.78, 5) is 7.41. The third kappa shape index (κ3) is 5.13. The fourth-order valence-corrected chi connectivity index (χ4v) is 5.01. The Labute approximate surface area is 202 Å². The summed E-state index contributed by atoms with van der Waals surface area (Å²) in [6.07, 6.45) is 0.174. The fraction of sp³-hybridized carbons (Fsp3) is 0.333. The van der Waals surface area contributed by atoms with Crippen molar-refractivity contribution in [2.45, 2.75) is 33.1 Å². The summed E-state index contributed by atoms with van der Waals surface area (Å²) in [5, 5.41) is 1.65. The normalized spacial score (nSPS) is 15.4. The van der Waals surface area contributed by atoms with Crippen molar-refractivity contribution in [2.75, 3.05) is 31.1 Å². The van der Waals surface area contributed by atoms with Crippen LogP contribution >= 0.6 is 23.2 Å². The topological polar surface area (TPSA) is 9.72 Å². The van der Waals surface area contributed by atoms with E-state index in [2.05, 4.69) is 77.1 Å². The molecule has 0 bridgehead atoms. The van der Waals surface area contributed by atoms with Crippen molar-refractivity contribution in [1.29, 1.82) is 0 Å². The summed E-state index contributed by atoms with van der Waals surface area (Å²) < 4.78 is 0. The minimum Gasteiger partial charge on any atom is -0.372 e. The molecule has 1 saturated heterocycles. The van der Waals surface area contributed by atoms with Gasteiger partial charge in [-0.2, -0.15) is 0 Å². The average molecular weight is 468 g/mol. The van der Waals surface area contributed by atoms with Crippen LogP contribution in [0.3, 0.4) is 0 Å². The van der Waals surface area contributed by atoms with Crippen molar-refractivity contribution in [3.05, 3.63) is 99.5 Å². The van der Waals surface area contributed by atoms with Gasteiger partial charge in [-0.3, -0.25) is 9.80 Å². The average Bonchev–Trinajstić information content (AvgIpc) is 3.20. The molecule has 0 atom stereocenters. The lowest BCUT2D eigenvalue weighted by Gasteiger charge is -2.32. The Bertz CT molecular complexity index is 962. The molecule has 0 radical (unpaired) electrons. The van der Waals surface area contributed by atoms with Crippen LogP contribution in [0.5, 0.6) is 0 Å². The second-order valence-corrected chi connectivity index (χ2v) is 9.08. The van der Waals surface area contributed by atoms with E-state index in [-0.39, 0.29) is 6.17 Å². The van der Waals surface area contributed by atoms with Crippen molar-refractivity contribution in [1.82, 2.24) is 9.80 Å². The van der Waals surface area contributed by atoms with E-state index >= 15 is 0 Å². The number of anilines is 1. The van der Waals surface area contributed by atoms with E-state index in [4.69, 9.17) is 23.2 Å². The molecular formula is C27H31Cl2N3. The number of hydrogen-bond acceptors (Lipinski definition) is 3. The lowest BCUT2D eigenvalue weighted by molar-refractivity contribution is 0.126. The fourth-order valence-electron chi connectivity index (χ4n) is 4.62. The van der Waals surface area contributed by atoms with Gasteiger partial charge in [0, 0.05) is 55.0 Å². The Morgan fingerprint density at radius 3 is 1.62 bits per heavy atom. The number of rotatable bonds is 8. The van der Waals surface area contributed by atoms with Gasteiger partial charge in [-0.1, -0.05) is 71.7 Å². The summed E-state index contributed by atoms with van der Waals surface area (Å²) >= 11 is 13.0. The summed E-state index contributed by atoms with van der Waals surface area (Å²) in [5.74, 6) is 0. The molecular weight excluding hydrogens is 437 g/mol. The zero-order chi connectivity index (χ0) is 22.5. The molecule has 168 valence electrons. The molecule has 0 saturated carbocycles. The molecule has 0 spiro atoms. The molecule has 0 aliphatic carbocycles. The summed E-state index contributed by atoms with van der Waals surface area (Å²) in [5.41, 5.74) is 4.90. The Balaban J connectivity index is 1.63.